The molecule has 8 nitrogen and oxygen atoms in total. The summed E-state index contributed by atoms with van der Waals surface area (Å²) in [5, 5.41) is 2.06. The van der Waals surface area contributed by atoms with Crippen LogP contribution in [-0.2, 0) is 16.0 Å². The molecule has 0 saturated carbocycles. The van der Waals surface area contributed by atoms with Crippen molar-refractivity contribution in [2.45, 2.75) is 18.9 Å². The molecule has 0 saturated heterocycles. The van der Waals surface area contributed by atoms with Crippen molar-refractivity contribution in [2.75, 3.05) is 54.2 Å². The molecule has 1 aliphatic rings. The van der Waals surface area contributed by atoms with E-state index in [9.17, 15) is 9.59 Å². The van der Waals surface area contributed by atoms with E-state index in [-0.39, 0.29) is 24.4 Å². The number of hydrogen-bond donors (Lipinski definition) is 0. The van der Waals surface area contributed by atoms with Gasteiger partial charge in [0.2, 0.25) is 5.91 Å². The van der Waals surface area contributed by atoms with E-state index in [1.165, 1.54) is 4.88 Å². The Kier molecular flexibility index (Phi) is 9.62. The monoisotopic (exact) mass is 538 g/mol. The van der Waals surface area contributed by atoms with Crippen LogP contribution in [0.3, 0.4) is 0 Å². The van der Waals surface area contributed by atoms with E-state index in [1.54, 1.807) is 61.8 Å². The minimum Gasteiger partial charge on any atom is -0.497 e. The zero-order valence-electron chi connectivity index (χ0n) is 22.1. The Bertz CT molecular complexity index is 1210. The van der Waals surface area contributed by atoms with Gasteiger partial charge < -0.3 is 28.7 Å². The molecular weight excluding hydrogens is 504 g/mol. The molecule has 1 unspecified atom stereocenters. The zero-order valence-corrected chi connectivity index (χ0v) is 22.9. The second-order valence-electron chi connectivity index (χ2n) is 8.94. The van der Waals surface area contributed by atoms with E-state index >= 15 is 0 Å². The molecule has 9 heteroatoms. The van der Waals surface area contributed by atoms with Crippen LogP contribution in [-0.4, -0.2) is 75.8 Å². The zero-order chi connectivity index (χ0) is 26.9. The first-order valence-electron chi connectivity index (χ1n) is 12.6. The van der Waals surface area contributed by atoms with Crippen LogP contribution in [0.15, 0.2) is 60.0 Å². The fourth-order valence-corrected chi connectivity index (χ4v) is 5.49. The summed E-state index contributed by atoms with van der Waals surface area (Å²) in [4.78, 5) is 31.9. The standard InChI is InChI=1S/C29H34N2O6S/c1-34-16-5-14-30(29(33)21-8-10-22(35-2)11-9-21)19-28(32)31-15-12-27-25(13-17-38-27)26(31)20-37-24-7-4-6-23(18-24)36-3/h4,6-11,13,17-18,26H,5,12,14-16,19-20H2,1-3H3. The number of amides is 2. The first-order valence-corrected chi connectivity index (χ1v) is 13.5. The fraction of sp³-hybridized carbons (Fsp3) is 0.379. The van der Waals surface area contributed by atoms with Crippen molar-refractivity contribution in [3.05, 3.63) is 76.0 Å². The van der Waals surface area contributed by atoms with Gasteiger partial charge in [0.1, 0.15) is 30.4 Å². The van der Waals surface area contributed by atoms with Crippen molar-refractivity contribution in [1.29, 1.82) is 0 Å². The maximum atomic E-state index is 13.7. The molecule has 0 spiro atoms. The molecule has 1 atom stereocenters. The number of hydrogen-bond acceptors (Lipinski definition) is 7. The van der Waals surface area contributed by atoms with Crippen molar-refractivity contribution in [3.63, 3.8) is 0 Å². The van der Waals surface area contributed by atoms with Gasteiger partial charge in [0.15, 0.2) is 0 Å². The largest absolute Gasteiger partial charge is 0.497 e. The molecule has 0 fully saturated rings. The van der Waals surface area contributed by atoms with E-state index in [4.69, 9.17) is 18.9 Å². The third-order valence-corrected chi connectivity index (χ3v) is 7.59. The van der Waals surface area contributed by atoms with Gasteiger partial charge in [0.05, 0.1) is 20.3 Å². The summed E-state index contributed by atoms with van der Waals surface area (Å²) in [6, 6.07) is 16.2. The minimum absolute atomic E-state index is 0.0241. The highest BCUT2D eigenvalue weighted by molar-refractivity contribution is 7.10. The number of ether oxygens (including phenoxy) is 4. The number of rotatable bonds is 12. The second kappa shape index (κ2) is 13.3. The minimum atomic E-state index is -0.249. The van der Waals surface area contributed by atoms with Crippen LogP contribution in [0.25, 0.3) is 0 Å². The Labute approximate surface area is 227 Å². The molecule has 2 heterocycles. The third-order valence-electron chi connectivity index (χ3n) is 6.59. The Hall–Kier alpha value is -3.56. The van der Waals surface area contributed by atoms with Crippen molar-refractivity contribution in [2.24, 2.45) is 0 Å². The number of nitrogens with zero attached hydrogens (tertiary/aromatic N) is 2. The molecule has 0 N–H and O–H groups in total. The lowest BCUT2D eigenvalue weighted by atomic mass is 10.0. The quantitative estimate of drug-likeness (QED) is 0.317. The fourth-order valence-electron chi connectivity index (χ4n) is 4.56. The lowest BCUT2D eigenvalue weighted by Crippen LogP contribution is -2.48. The van der Waals surface area contributed by atoms with Gasteiger partial charge in [-0.1, -0.05) is 6.07 Å². The molecule has 1 aromatic heterocycles. The van der Waals surface area contributed by atoms with Crippen LogP contribution < -0.4 is 14.2 Å². The van der Waals surface area contributed by atoms with E-state index in [0.29, 0.717) is 55.5 Å². The molecule has 0 aliphatic carbocycles. The van der Waals surface area contributed by atoms with E-state index in [1.807, 2.05) is 29.2 Å². The van der Waals surface area contributed by atoms with E-state index in [2.05, 4.69) is 11.4 Å². The highest BCUT2D eigenvalue weighted by Gasteiger charge is 2.33. The smallest absolute Gasteiger partial charge is 0.254 e. The summed E-state index contributed by atoms with van der Waals surface area (Å²) in [5.41, 5.74) is 1.61. The topological polar surface area (TPSA) is 77.5 Å². The molecule has 0 radical (unpaired) electrons. The second-order valence-corrected chi connectivity index (χ2v) is 9.94. The van der Waals surface area contributed by atoms with Gasteiger partial charge in [0, 0.05) is 43.3 Å². The molecule has 202 valence electrons. The summed E-state index contributed by atoms with van der Waals surface area (Å²) < 4.78 is 21.9. The maximum absolute atomic E-state index is 13.7. The van der Waals surface area contributed by atoms with Gasteiger partial charge in [-0.3, -0.25) is 9.59 Å². The Morgan fingerprint density at radius 2 is 1.76 bits per heavy atom. The molecule has 2 aromatic carbocycles. The normalized spacial score (nSPS) is 14.5. The van der Waals surface area contributed by atoms with Gasteiger partial charge in [0.25, 0.3) is 5.91 Å². The van der Waals surface area contributed by atoms with Crippen molar-refractivity contribution in [1.82, 2.24) is 9.80 Å². The lowest BCUT2D eigenvalue weighted by molar-refractivity contribution is -0.135. The molecule has 1 aliphatic heterocycles. The van der Waals surface area contributed by atoms with Crippen LogP contribution >= 0.6 is 11.3 Å². The lowest BCUT2D eigenvalue weighted by Gasteiger charge is -2.37. The molecule has 0 bridgehead atoms. The van der Waals surface area contributed by atoms with Crippen molar-refractivity contribution in [3.8, 4) is 17.2 Å². The van der Waals surface area contributed by atoms with Gasteiger partial charge in [-0.05, 0) is 66.2 Å². The average Bonchev–Trinajstić information content (AvgIpc) is 3.44. The third kappa shape index (κ3) is 6.65. The predicted octanol–water partition coefficient (Wildman–Crippen LogP) is 4.45. The van der Waals surface area contributed by atoms with Gasteiger partial charge in [-0.2, -0.15) is 0 Å². The highest BCUT2D eigenvalue weighted by atomic mass is 32.1. The summed E-state index contributed by atoms with van der Waals surface area (Å²) in [6.45, 7) is 1.76. The summed E-state index contributed by atoms with van der Waals surface area (Å²) in [7, 11) is 4.82. The molecular formula is C29H34N2O6S. The number of thiophene rings is 1. The summed E-state index contributed by atoms with van der Waals surface area (Å²) in [5.74, 6) is 1.74. The van der Waals surface area contributed by atoms with Crippen molar-refractivity contribution < 1.29 is 28.5 Å². The van der Waals surface area contributed by atoms with Crippen LogP contribution in [0.5, 0.6) is 17.2 Å². The van der Waals surface area contributed by atoms with E-state index < -0.39 is 0 Å². The molecule has 3 aromatic rings. The Balaban J connectivity index is 1.51. The molecule has 4 rings (SSSR count). The number of carbonyl (C=O) groups excluding carboxylic acids is 2. The van der Waals surface area contributed by atoms with Crippen LogP contribution in [0.4, 0.5) is 0 Å². The van der Waals surface area contributed by atoms with E-state index in [0.717, 1.165) is 12.0 Å². The number of benzene rings is 2. The first kappa shape index (κ1) is 27.5. The highest BCUT2D eigenvalue weighted by Crippen LogP contribution is 2.34. The summed E-state index contributed by atoms with van der Waals surface area (Å²) >= 11 is 1.70. The number of fused-ring (bicyclic) bond motifs is 1. The Morgan fingerprint density at radius 1 is 1.00 bits per heavy atom. The predicted molar refractivity (Wildman–Crippen MR) is 146 cm³/mol. The maximum Gasteiger partial charge on any atom is 0.254 e. The molecule has 38 heavy (non-hydrogen) atoms. The van der Waals surface area contributed by atoms with Crippen molar-refractivity contribution >= 4 is 23.2 Å². The van der Waals surface area contributed by atoms with Gasteiger partial charge >= 0.3 is 0 Å². The SMILES string of the molecule is COCCCN(CC(=O)N1CCc2sccc2C1COc1cccc(OC)c1)C(=O)c1ccc(OC)cc1. The van der Waals surface area contributed by atoms with Crippen LogP contribution in [0.2, 0.25) is 0 Å². The first-order chi connectivity index (χ1) is 18.5. The Morgan fingerprint density at radius 3 is 2.50 bits per heavy atom. The van der Waals surface area contributed by atoms with Crippen LogP contribution in [0.1, 0.15) is 33.3 Å². The number of carbonyl (C=O) groups is 2. The summed E-state index contributed by atoms with van der Waals surface area (Å²) in [6.07, 6.45) is 1.41. The van der Waals surface area contributed by atoms with Gasteiger partial charge in [-0.15, -0.1) is 11.3 Å². The molecule has 2 amide bonds. The van der Waals surface area contributed by atoms with Crippen LogP contribution in [0, 0.1) is 0 Å². The average molecular weight is 539 g/mol. The number of methoxy groups -OCH3 is 3. The van der Waals surface area contributed by atoms with Gasteiger partial charge in [-0.25, -0.2) is 0 Å².